The lowest BCUT2D eigenvalue weighted by molar-refractivity contribution is 0.122. The third kappa shape index (κ3) is 5.51. The summed E-state index contributed by atoms with van der Waals surface area (Å²) in [5.41, 5.74) is 3.28. The predicted molar refractivity (Wildman–Crippen MR) is 144 cm³/mol. The van der Waals surface area contributed by atoms with Gasteiger partial charge in [-0.25, -0.2) is 19.3 Å². The molecule has 0 radical (unpaired) electrons. The van der Waals surface area contributed by atoms with Crippen LogP contribution in [0.3, 0.4) is 0 Å². The van der Waals surface area contributed by atoms with Crippen molar-refractivity contribution >= 4 is 22.5 Å². The minimum Gasteiger partial charge on any atom is -0.488 e. The van der Waals surface area contributed by atoms with E-state index in [-0.39, 0.29) is 11.9 Å². The van der Waals surface area contributed by atoms with Gasteiger partial charge >= 0.3 is 0 Å². The highest BCUT2D eigenvalue weighted by Crippen LogP contribution is 2.35. The van der Waals surface area contributed by atoms with Crippen LogP contribution in [0.4, 0.5) is 15.9 Å². The average molecular weight is 522 g/mol. The molecule has 0 amide bonds. The molecule has 0 N–H and O–H groups in total. The number of anilines is 2. The Kier molecular flexibility index (Phi) is 7.51. The van der Waals surface area contributed by atoms with E-state index in [9.17, 15) is 0 Å². The van der Waals surface area contributed by atoms with Gasteiger partial charge in [0.05, 0.1) is 30.5 Å². The molecule has 4 heterocycles. The molecule has 1 saturated carbocycles. The van der Waals surface area contributed by atoms with Crippen molar-refractivity contribution in [2.24, 2.45) is 5.92 Å². The van der Waals surface area contributed by atoms with Gasteiger partial charge in [0.1, 0.15) is 17.6 Å². The van der Waals surface area contributed by atoms with Crippen molar-refractivity contribution < 1.29 is 13.9 Å². The van der Waals surface area contributed by atoms with Gasteiger partial charge in [0.2, 0.25) is 0 Å². The maximum atomic E-state index is 15.4. The van der Waals surface area contributed by atoms with Crippen molar-refractivity contribution in [2.45, 2.75) is 38.2 Å². The van der Waals surface area contributed by atoms with Crippen LogP contribution in [0.1, 0.15) is 31.4 Å². The number of ether oxygens (including phenoxy) is 2. The molecular weight excluding hydrogens is 485 g/mol. The minimum atomic E-state index is -0.250. The number of fused-ring (bicyclic) bond motifs is 1. The molecule has 2 saturated heterocycles. The molecule has 38 heavy (non-hydrogen) atoms. The van der Waals surface area contributed by atoms with Gasteiger partial charge in [0, 0.05) is 63.4 Å². The predicted octanol–water partition coefficient (Wildman–Crippen LogP) is 3.33. The van der Waals surface area contributed by atoms with E-state index in [1.165, 1.54) is 6.33 Å². The largest absolute Gasteiger partial charge is 0.488 e. The summed E-state index contributed by atoms with van der Waals surface area (Å²) in [6.07, 6.45) is 9.51. The number of hydrogen-bond acceptors (Lipinski definition) is 9. The normalized spacial score (nSPS) is 23.1. The van der Waals surface area contributed by atoms with Crippen molar-refractivity contribution in [3.8, 4) is 5.75 Å². The molecule has 10 heteroatoms. The fraction of sp³-hybridized carbons (Fsp3) is 0.571. The Balaban J connectivity index is 1.10. The Hall–Kier alpha value is -3.11. The first-order valence-electron chi connectivity index (χ1n) is 13.8. The topological polar surface area (TPSA) is 79.7 Å². The van der Waals surface area contributed by atoms with Crippen molar-refractivity contribution in [2.75, 3.05) is 69.3 Å². The standard InChI is InChI=1S/C28H36FN7O2/c1-34-8-10-36(11-9-34)28-26(29)23(32-19-33-28)16-20-2-4-22(5-3-20)38-25-18-21(35-12-14-37-15-13-35)17-24-27(25)31-7-6-30-24/h6-7,17-20,22H,2-5,8-16H2,1H3. The number of likely N-dealkylation sites (N-methyl/N-ethyl adjacent to an activating group) is 1. The van der Waals surface area contributed by atoms with Gasteiger partial charge in [-0.05, 0) is 51.1 Å². The Morgan fingerprint density at radius 2 is 1.66 bits per heavy atom. The SMILES string of the molecule is CN1CCN(c2ncnc(CC3CCC(Oc4cc(N5CCOCC5)cc5nccnc45)CC3)c2F)CC1. The first-order valence-corrected chi connectivity index (χ1v) is 13.8. The molecule has 0 atom stereocenters. The minimum absolute atomic E-state index is 0.104. The molecule has 3 aromatic rings. The smallest absolute Gasteiger partial charge is 0.187 e. The molecule has 0 bridgehead atoms. The van der Waals surface area contributed by atoms with Crippen LogP contribution < -0.4 is 14.5 Å². The van der Waals surface area contributed by atoms with E-state index < -0.39 is 0 Å². The fourth-order valence-corrected chi connectivity index (χ4v) is 5.81. The Morgan fingerprint density at radius 1 is 0.895 bits per heavy atom. The maximum Gasteiger partial charge on any atom is 0.187 e. The van der Waals surface area contributed by atoms with Crippen LogP contribution in [0, 0.1) is 11.7 Å². The lowest BCUT2D eigenvalue weighted by Gasteiger charge is -2.33. The number of aromatic nitrogens is 4. The molecule has 9 nitrogen and oxygen atoms in total. The summed E-state index contributed by atoms with van der Waals surface area (Å²) in [7, 11) is 2.09. The zero-order valence-corrected chi connectivity index (χ0v) is 22.1. The second-order valence-electron chi connectivity index (χ2n) is 10.7. The number of benzene rings is 1. The summed E-state index contributed by atoms with van der Waals surface area (Å²) < 4.78 is 27.5. The van der Waals surface area contributed by atoms with Crippen LogP contribution in [0.2, 0.25) is 0 Å². The van der Waals surface area contributed by atoms with E-state index in [0.29, 0.717) is 23.9 Å². The zero-order chi connectivity index (χ0) is 25.9. The molecule has 6 rings (SSSR count). The van der Waals surface area contributed by atoms with Gasteiger partial charge < -0.3 is 24.2 Å². The zero-order valence-electron chi connectivity index (χ0n) is 22.1. The van der Waals surface area contributed by atoms with E-state index >= 15 is 4.39 Å². The highest BCUT2D eigenvalue weighted by molar-refractivity contribution is 5.85. The fourth-order valence-electron chi connectivity index (χ4n) is 5.81. The Labute approximate surface area is 223 Å². The number of morpholine rings is 1. The van der Waals surface area contributed by atoms with Crippen molar-refractivity contribution in [1.82, 2.24) is 24.8 Å². The second kappa shape index (κ2) is 11.3. The van der Waals surface area contributed by atoms with E-state index in [0.717, 1.165) is 101 Å². The molecular formula is C28H36FN7O2. The first-order chi connectivity index (χ1) is 18.6. The molecule has 1 aromatic carbocycles. The van der Waals surface area contributed by atoms with Gasteiger partial charge in [0.15, 0.2) is 11.6 Å². The van der Waals surface area contributed by atoms with Crippen LogP contribution in [0.25, 0.3) is 11.0 Å². The molecule has 2 aliphatic heterocycles. The molecule has 1 aliphatic carbocycles. The van der Waals surface area contributed by atoms with Gasteiger partial charge in [-0.1, -0.05) is 0 Å². The quantitative estimate of drug-likeness (QED) is 0.485. The van der Waals surface area contributed by atoms with Crippen molar-refractivity contribution in [3.63, 3.8) is 0 Å². The number of nitrogens with zero attached hydrogens (tertiary/aromatic N) is 7. The summed E-state index contributed by atoms with van der Waals surface area (Å²) >= 11 is 0. The average Bonchev–Trinajstić information content (AvgIpc) is 2.96. The van der Waals surface area contributed by atoms with Crippen molar-refractivity contribution in [1.29, 1.82) is 0 Å². The third-order valence-corrected chi connectivity index (χ3v) is 8.12. The number of rotatable bonds is 6. The van der Waals surface area contributed by atoms with Crippen molar-refractivity contribution in [3.05, 3.63) is 42.4 Å². The third-order valence-electron chi connectivity index (χ3n) is 8.12. The number of halogens is 1. The number of piperazine rings is 1. The van der Waals surface area contributed by atoms with E-state index in [1.54, 1.807) is 12.4 Å². The molecule has 202 valence electrons. The van der Waals surface area contributed by atoms with Gasteiger partial charge in [-0.3, -0.25) is 4.98 Å². The summed E-state index contributed by atoms with van der Waals surface area (Å²) in [6, 6.07) is 4.19. The van der Waals surface area contributed by atoms with Gasteiger partial charge in [-0.15, -0.1) is 0 Å². The van der Waals surface area contributed by atoms with Crippen LogP contribution >= 0.6 is 0 Å². The summed E-state index contributed by atoms with van der Waals surface area (Å²) in [5.74, 6) is 1.38. The number of hydrogen-bond donors (Lipinski definition) is 0. The second-order valence-corrected chi connectivity index (χ2v) is 10.7. The lowest BCUT2D eigenvalue weighted by atomic mass is 9.84. The first kappa shape index (κ1) is 25.2. The molecule has 3 aliphatic rings. The van der Waals surface area contributed by atoms with Gasteiger partial charge in [0.25, 0.3) is 0 Å². The molecule has 0 spiro atoms. The van der Waals surface area contributed by atoms with E-state index in [2.05, 4.69) is 48.9 Å². The Morgan fingerprint density at radius 3 is 2.45 bits per heavy atom. The summed E-state index contributed by atoms with van der Waals surface area (Å²) in [5, 5.41) is 0. The van der Waals surface area contributed by atoms with Crippen LogP contribution in [-0.4, -0.2) is 90.5 Å². The van der Waals surface area contributed by atoms with E-state index in [1.807, 2.05) is 4.90 Å². The van der Waals surface area contributed by atoms with Gasteiger partial charge in [-0.2, -0.15) is 0 Å². The van der Waals surface area contributed by atoms with E-state index in [4.69, 9.17) is 9.47 Å². The molecule has 0 unspecified atom stereocenters. The van der Waals surface area contributed by atoms with Crippen LogP contribution in [0.5, 0.6) is 5.75 Å². The summed E-state index contributed by atoms with van der Waals surface area (Å²) in [6.45, 7) is 6.57. The molecule has 2 aromatic heterocycles. The maximum absolute atomic E-state index is 15.4. The highest BCUT2D eigenvalue weighted by Gasteiger charge is 2.27. The monoisotopic (exact) mass is 521 g/mol. The molecule has 3 fully saturated rings. The van der Waals surface area contributed by atoms with Crippen LogP contribution in [0.15, 0.2) is 30.9 Å². The highest BCUT2D eigenvalue weighted by atomic mass is 19.1. The summed E-state index contributed by atoms with van der Waals surface area (Å²) in [4.78, 5) is 24.4. The van der Waals surface area contributed by atoms with Crippen LogP contribution in [-0.2, 0) is 11.2 Å². The lowest BCUT2D eigenvalue weighted by Crippen LogP contribution is -2.45. The Bertz CT molecular complexity index is 1240.